The van der Waals surface area contributed by atoms with Crippen molar-refractivity contribution >= 4 is 57.2 Å². The summed E-state index contributed by atoms with van der Waals surface area (Å²) in [5.74, 6) is -1.17. The highest BCUT2D eigenvalue weighted by Gasteiger charge is 2.39. The van der Waals surface area contributed by atoms with Crippen LogP contribution in [-0.2, 0) is 57.6 Å². The number of hydrogen-bond acceptors (Lipinski definition) is 9. The Morgan fingerprint density at radius 3 is 1.59 bits per heavy atom. The van der Waals surface area contributed by atoms with Crippen LogP contribution in [0, 0.1) is 0 Å². The van der Waals surface area contributed by atoms with Gasteiger partial charge in [-0.15, -0.1) is 0 Å². The van der Waals surface area contributed by atoms with Crippen LogP contribution in [0.4, 0.5) is 4.79 Å². The molecule has 0 spiro atoms. The molecule has 7 rings (SSSR count). The van der Waals surface area contributed by atoms with Crippen molar-refractivity contribution in [3.05, 3.63) is 119 Å². The molecular formula is C49H55N5O9. The second-order valence-corrected chi connectivity index (χ2v) is 16.1. The van der Waals surface area contributed by atoms with Crippen LogP contribution in [0.1, 0.15) is 66.9 Å². The number of methoxy groups -OCH3 is 2. The third-order valence-electron chi connectivity index (χ3n) is 12.0. The molecule has 4 atom stereocenters. The number of nitrogens with zero attached hydrogens (tertiary/aromatic N) is 3. The van der Waals surface area contributed by atoms with E-state index in [4.69, 9.17) is 14.2 Å². The number of alkyl carbamates (subject to hydrolysis) is 1. The maximum absolute atomic E-state index is 14.1. The van der Waals surface area contributed by atoms with E-state index in [0.717, 1.165) is 32.9 Å². The lowest BCUT2D eigenvalue weighted by molar-refractivity contribution is -0.140. The van der Waals surface area contributed by atoms with Crippen LogP contribution in [0.15, 0.2) is 97.1 Å². The van der Waals surface area contributed by atoms with Crippen molar-refractivity contribution in [1.29, 1.82) is 0 Å². The van der Waals surface area contributed by atoms with E-state index in [1.165, 1.54) is 14.0 Å². The number of carbonyl (C=O) groups excluding carboxylic acids is 6. The van der Waals surface area contributed by atoms with E-state index >= 15 is 0 Å². The van der Waals surface area contributed by atoms with Crippen LogP contribution in [0.5, 0.6) is 0 Å². The molecule has 1 aromatic heterocycles. The smallest absolute Gasteiger partial charge is 0.407 e. The van der Waals surface area contributed by atoms with Gasteiger partial charge in [0, 0.05) is 68.3 Å². The molecule has 5 aromatic rings. The number of likely N-dealkylation sites (tertiary alicyclic amines) is 2. The van der Waals surface area contributed by atoms with E-state index in [1.54, 1.807) is 53.3 Å². The Bertz CT molecular complexity index is 2450. The molecule has 0 unspecified atom stereocenters. The Kier molecular flexibility index (Phi) is 14.6. The van der Waals surface area contributed by atoms with Crippen molar-refractivity contribution in [2.24, 2.45) is 0 Å². The number of ether oxygens (including phenoxy) is 3. The van der Waals surface area contributed by atoms with Gasteiger partial charge in [0.25, 0.3) is 5.91 Å². The van der Waals surface area contributed by atoms with Gasteiger partial charge in [-0.25, -0.2) is 4.79 Å². The molecule has 2 fully saturated rings. The first-order chi connectivity index (χ1) is 30.6. The highest BCUT2D eigenvalue weighted by molar-refractivity contribution is 6.09. The van der Waals surface area contributed by atoms with Gasteiger partial charge in [-0.05, 0) is 60.1 Å². The van der Waals surface area contributed by atoms with E-state index in [1.807, 2.05) is 60.7 Å². The number of benzene rings is 4. The van der Waals surface area contributed by atoms with Gasteiger partial charge in [0.2, 0.25) is 11.8 Å². The molecule has 0 saturated carbocycles. The number of rotatable bonds is 18. The van der Waals surface area contributed by atoms with Gasteiger partial charge < -0.3 is 39.2 Å². The predicted molar refractivity (Wildman–Crippen MR) is 237 cm³/mol. The average molecular weight is 858 g/mol. The molecule has 2 aliphatic heterocycles. The first kappa shape index (κ1) is 44.7. The highest BCUT2D eigenvalue weighted by atomic mass is 16.5. The van der Waals surface area contributed by atoms with Gasteiger partial charge in [0.1, 0.15) is 12.1 Å². The summed E-state index contributed by atoms with van der Waals surface area (Å²) in [5, 5.41) is 7.40. The van der Waals surface area contributed by atoms with Crippen LogP contribution in [0.25, 0.3) is 21.8 Å². The number of fused-ring (bicyclic) bond motifs is 3. The molecule has 2 N–H and O–H groups in total. The van der Waals surface area contributed by atoms with Gasteiger partial charge in [0.15, 0.2) is 11.6 Å². The SMILES string of the molecule is COCCOCCn1c2cc(CC(=O)[C@@H]3CCCN3C(=O)[C@H](NC(C)=O)c3ccccc3)ccc2c2ccc(CC(=O)[C@@H]3CCCN3C(=O)[C@H](NC(=O)OC)c3ccccc3)cc21. The Morgan fingerprint density at radius 1 is 0.635 bits per heavy atom. The summed E-state index contributed by atoms with van der Waals surface area (Å²) < 4.78 is 18.1. The third kappa shape index (κ3) is 10.3. The Hall–Kier alpha value is -6.38. The minimum atomic E-state index is -1.01. The molecule has 2 saturated heterocycles. The van der Waals surface area contributed by atoms with Gasteiger partial charge >= 0.3 is 6.09 Å². The maximum atomic E-state index is 14.1. The first-order valence-corrected chi connectivity index (χ1v) is 21.6. The molecule has 63 heavy (non-hydrogen) atoms. The minimum Gasteiger partial charge on any atom is -0.453 e. The summed E-state index contributed by atoms with van der Waals surface area (Å²) in [4.78, 5) is 83.8. The lowest BCUT2D eigenvalue weighted by Crippen LogP contribution is -2.47. The van der Waals surface area contributed by atoms with E-state index in [2.05, 4.69) is 15.2 Å². The van der Waals surface area contributed by atoms with Crippen LogP contribution in [0.3, 0.4) is 0 Å². The minimum absolute atomic E-state index is 0.0724. The fraction of sp³-hybridized carbons (Fsp3) is 0.388. The third-order valence-corrected chi connectivity index (χ3v) is 12.0. The molecule has 330 valence electrons. The summed E-state index contributed by atoms with van der Waals surface area (Å²) in [7, 11) is 2.86. The zero-order valence-electron chi connectivity index (χ0n) is 36.0. The molecule has 4 aromatic carbocycles. The van der Waals surface area contributed by atoms with Gasteiger partial charge in [-0.2, -0.15) is 0 Å². The molecule has 4 amide bonds. The van der Waals surface area contributed by atoms with Crippen molar-refractivity contribution < 1.29 is 43.0 Å². The van der Waals surface area contributed by atoms with E-state index in [-0.39, 0.29) is 42.1 Å². The Labute approximate surface area is 366 Å². The fourth-order valence-electron chi connectivity index (χ4n) is 8.99. The molecule has 0 bridgehead atoms. The average Bonchev–Trinajstić information content (AvgIpc) is 4.06. The standard InChI is InChI=1S/C49H55N5O9/c1-32(55)50-45(35-12-6-4-7-13-35)47(58)53-22-10-16-39(53)43(56)30-33-18-20-37-38-21-19-34(29-42(38)52(41(37)28-33)24-25-63-27-26-61-2)31-44(57)40-17-11-23-54(40)48(59)46(51-49(60)62-3)36-14-8-5-9-15-36/h4-9,12-15,18-21,28-29,39-40,45-46H,10-11,16-17,22-27,30-31H2,1-3H3,(H,50,55)(H,51,60)/t39-,40-,45+,46+/m0/s1. The number of hydrogen-bond donors (Lipinski definition) is 2. The quantitative estimate of drug-likeness (QED) is 0.106. The predicted octanol–water partition coefficient (Wildman–Crippen LogP) is 5.64. The number of nitrogens with one attached hydrogen (secondary N) is 2. The summed E-state index contributed by atoms with van der Waals surface area (Å²) in [5.41, 5.74) is 4.64. The van der Waals surface area contributed by atoms with Crippen molar-refractivity contribution in [3.63, 3.8) is 0 Å². The lowest BCUT2D eigenvalue weighted by atomic mass is 9.98. The van der Waals surface area contributed by atoms with Crippen molar-refractivity contribution in [1.82, 2.24) is 25.0 Å². The molecule has 3 heterocycles. The number of aromatic nitrogens is 1. The number of carbonyl (C=O) groups is 6. The van der Waals surface area contributed by atoms with Crippen molar-refractivity contribution in [2.45, 2.75) is 76.2 Å². The summed E-state index contributed by atoms with van der Waals surface area (Å²) in [6.45, 7) is 3.96. The van der Waals surface area contributed by atoms with Gasteiger partial charge in [-0.1, -0.05) is 84.9 Å². The summed E-state index contributed by atoms with van der Waals surface area (Å²) in [6, 6.07) is 26.8. The van der Waals surface area contributed by atoms with E-state index in [0.29, 0.717) is 76.3 Å². The summed E-state index contributed by atoms with van der Waals surface area (Å²) in [6.07, 6.45) is 1.87. The lowest BCUT2D eigenvalue weighted by Gasteiger charge is -2.28. The molecule has 14 heteroatoms. The molecular weight excluding hydrogens is 803 g/mol. The largest absolute Gasteiger partial charge is 0.453 e. The number of ketones is 2. The zero-order chi connectivity index (χ0) is 44.5. The second-order valence-electron chi connectivity index (χ2n) is 16.1. The molecule has 2 aliphatic rings. The Balaban J connectivity index is 1.12. The first-order valence-electron chi connectivity index (χ1n) is 21.6. The van der Waals surface area contributed by atoms with Crippen LogP contribution < -0.4 is 10.6 Å². The van der Waals surface area contributed by atoms with Gasteiger partial charge in [-0.3, -0.25) is 24.0 Å². The number of amides is 4. The van der Waals surface area contributed by atoms with Crippen LogP contribution in [0.2, 0.25) is 0 Å². The highest BCUT2D eigenvalue weighted by Crippen LogP contribution is 2.33. The molecule has 14 nitrogen and oxygen atoms in total. The normalized spacial score (nSPS) is 17.1. The monoisotopic (exact) mass is 857 g/mol. The Morgan fingerprint density at radius 2 is 1.13 bits per heavy atom. The van der Waals surface area contributed by atoms with E-state index in [9.17, 15) is 28.8 Å². The van der Waals surface area contributed by atoms with Crippen LogP contribution in [-0.4, -0.2) is 109 Å². The maximum Gasteiger partial charge on any atom is 0.407 e. The van der Waals surface area contributed by atoms with Crippen LogP contribution >= 0.6 is 0 Å². The van der Waals surface area contributed by atoms with Crippen molar-refractivity contribution in [3.8, 4) is 0 Å². The van der Waals surface area contributed by atoms with Crippen molar-refractivity contribution in [2.75, 3.05) is 47.1 Å². The molecule has 0 aliphatic carbocycles. The topological polar surface area (TPSA) is 166 Å². The summed E-state index contributed by atoms with van der Waals surface area (Å²) >= 11 is 0. The molecule has 0 radical (unpaired) electrons. The second kappa shape index (κ2) is 20.7. The van der Waals surface area contributed by atoms with E-state index < -0.39 is 30.3 Å². The van der Waals surface area contributed by atoms with Gasteiger partial charge in [0.05, 0.1) is 39.0 Å². The zero-order valence-corrected chi connectivity index (χ0v) is 36.0. The number of Topliss-reactive ketones (excluding diaryl/α,β-unsaturated/α-hetero) is 2. The fourth-order valence-corrected chi connectivity index (χ4v) is 8.99.